The maximum Gasteiger partial charge on any atom is 0.236 e. The third-order valence-corrected chi connectivity index (χ3v) is 2.38. The summed E-state index contributed by atoms with van der Waals surface area (Å²) >= 11 is 0. The molecule has 0 aromatic rings. The lowest BCUT2D eigenvalue weighted by Gasteiger charge is -2.22. The molecule has 0 aliphatic carbocycles. The van der Waals surface area contributed by atoms with E-state index in [0.717, 1.165) is 26.2 Å². The third kappa shape index (κ3) is 5.19. The van der Waals surface area contributed by atoms with Gasteiger partial charge in [0.2, 0.25) is 5.91 Å². The Morgan fingerprint density at radius 2 is 1.86 bits per heavy atom. The van der Waals surface area contributed by atoms with Crippen molar-refractivity contribution in [3.63, 3.8) is 0 Å². The van der Waals surface area contributed by atoms with Crippen molar-refractivity contribution >= 4 is 5.91 Å². The van der Waals surface area contributed by atoms with Crippen LogP contribution in [0.15, 0.2) is 0 Å². The first-order chi connectivity index (χ1) is 6.65. The van der Waals surface area contributed by atoms with E-state index in [-0.39, 0.29) is 5.91 Å². The lowest BCUT2D eigenvalue weighted by molar-refractivity contribution is -0.131. The first-order valence-corrected chi connectivity index (χ1v) is 5.26. The quantitative estimate of drug-likeness (QED) is 0.630. The lowest BCUT2D eigenvalue weighted by atomic mass is 10.4. The summed E-state index contributed by atoms with van der Waals surface area (Å²) in [6.07, 6.45) is 0. The number of rotatable bonds is 7. The largest absolute Gasteiger partial charge is 0.343 e. The molecule has 84 valence electrons. The maximum atomic E-state index is 11.6. The van der Waals surface area contributed by atoms with Crippen molar-refractivity contribution in [2.45, 2.75) is 13.8 Å². The molecule has 4 heteroatoms. The fourth-order valence-corrected chi connectivity index (χ4v) is 1.16. The van der Waals surface area contributed by atoms with Crippen LogP contribution in [0.1, 0.15) is 13.8 Å². The molecule has 4 nitrogen and oxygen atoms in total. The maximum absolute atomic E-state index is 11.6. The Labute approximate surface area is 87.3 Å². The Morgan fingerprint density at radius 1 is 1.29 bits per heavy atom. The van der Waals surface area contributed by atoms with E-state index in [2.05, 4.69) is 24.1 Å². The van der Waals surface area contributed by atoms with Crippen molar-refractivity contribution in [2.24, 2.45) is 0 Å². The van der Waals surface area contributed by atoms with Crippen LogP contribution in [-0.4, -0.2) is 62.5 Å². The van der Waals surface area contributed by atoms with Crippen molar-refractivity contribution in [3.8, 4) is 0 Å². The Morgan fingerprint density at radius 3 is 2.29 bits per heavy atom. The molecule has 0 saturated heterocycles. The molecule has 0 saturated carbocycles. The zero-order valence-electron chi connectivity index (χ0n) is 9.84. The Bertz CT molecular complexity index is 157. The fraction of sp³-hybridized carbons (Fsp3) is 0.900. The monoisotopic (exact) mass is 201 g/mol. The Hall–Kier alpha value is -0.610. The predicted molar refractivity (Wildman–Crippen MR) is 59.4 cm³/mol. The molecule has 0 aromatic carbocycles. The second-order valence-corrected chi connectivity index (χ2v) is 3.38. The van der Waals surface area contributed by atoms with Gasteiger partial charge in [-0.15, -0.1) is 0 Å². The average Bonchev–Trinajstić information content (AvgIpc) is 2.21. The van der Waals surface area contributed by atoms with Crippen LogP contribution in [0.25, 0.3) is 0 Å². The first kappa shape index (κ1) is 13.4. The molecule has 0 atom stereocenters. The highest BCUT2D eigenvalue weighted by atomic mass is 16.2. The number of carbonyl (C=O) groups excluding carboxylic acids is 1. The van der Waals surface area contributed by atoms with E-state index in [1.165, 1.54) is 0 Å². The average molecular weight is 201 g/mol. The van der Waals surface area contributed by atoms with Gasteiger partial charge in [-0.25, -0.2) is 0 Å². The third-order valence-electron chi connectivity index (χ3n) is 2.38. The molecular formula is C10H23N3O. The molecule has 0 heterocycles. The number of hydrogen-bond donors (Lipinski definition) is 1. The van der Waals surface area contributed by atoms with Crippen molar-refractivity contribution in [1.82, 2.24) is 15.1 Å². The van der Waals surface area contributed by atoms with Gasteiger partial charge in [-0.1, -0.05) is 13.8 Å². The number of carbonyl (C=O) groups is 1. The van der Waals surface area contributed by atoms with E-state index in [1.54, 1.807) is 4.90 Å². The van der Waals surface area contributed by atoms with E-state index >= 15 is 0 Å². The fourth-order valence-electron chi connectivity index (χ4n) is 1.16. The molecule has 14 heavy (non-hydrogen) atoms. The van der Waals surface area contributed by atoms with Crippen LogP contribution >= 0.6 is 0 Å². The molecule has 0 radical (unpaired) electrons. The summed E-state index contributed by atoms with van der Waals surface area (Å²) in [6, 6.07) is 0. The van der Waals surface area contributed by atoms with Crippen LogP contribution < -0.4 is 5.32 Å². The number of amides is 1. The Kier molecular flexibility index (Phi) is 7.42. The second kappa shape index (κ2) is 7.76. The summed E-state index contributed by atoms with van der Waals surface area (Å²) in [5.41, 5.74) is 0. The minimum atomic E-state index is 0.198. The highest BCUT2D eigenvalue weighted by Gasteiger charge is 2.10. The molecule has 0 aliphatic heterocycles. The van der Waals surface area contributed by atoms with Gasteiger partial charge < -0.3 is 10.2 Å². The number of nitrogens with one attached hydrogen (secondary N) is 1. The van der Waals surface area contributed by atoms with Gasteiger partial charge in [-0.05, 0) is 20.1 Å². The van der Waals surface area contributed by atoms with Crippen LogP contribution in [0, 0.1) is 0 Å². The SMILES string of the molecule is CCN(CC)CC(=O)N(C)CCNC. The summed E-state index contributed by atoms with van der Waals surface area (Å²) in [7, 11) is 3.74. The molecule has 0 bridgehead atoms. The van der Waals surface area contributed by atoms with E-state index in [0.29, 0.717) is 6.54 Å². The normalized spacial score (nSPS) is 10.6. The molecule has 0 fully saturated rings. The summed E-state index contributed by atoms with van der Waals surface area (Å²) in [4.78, 5) is 15.5. The van der Waals surface area contributed by atoms with Gasteiger partial charge in [-0.2, -0.15) is 0 Å². The summed E-state index contributed by atoms with van der Waals surface area (Å²) in [5.74, 6) is 0.198. The molecular weight excluding hydrogens is 178 g/mol. The predicted octanol–water partition coefficient (Wildman–Crippen LogP) is 0.00600. The van der Waals surface area contributed by atoms with Gasteiger partial charge in [0.25, 0.3) is 0 Å². The number of nitrogens with zero attached hydrogens (tertiary/aromatic N) is 2. The van der Waals surface area contributed by atoms with Crippen LogP contribution in [0.4, 0.5) is 0 Å². The molecule has 0 unspecified atom stereocenters. The van der Waals surface area contributed by atoms with Gasteiger partial charge in [0.1, 0.15) is 0 Å². The number of likely N-dealkylation sites (N-methyl/N-ethyl adjacent to an activating group) is 3. The van der Waals surface area contributed by atoms with E-state index < -0.39 is 0 Å². The minimum absolute atomic E-state index is 0.198. The standard InChI is InChI=1S/C10H23N3O/c1-5-13(6-2)9-10(14)12(4)8-7-11-3/h11H,5-9H2,1-4H3. The van der Waals surface area contributed by atoms with Gasteiger partial charge >= 0.3 is 0 Å². The van der Waals surface area contributed by atoms with Crippen molar-refractivity contribution in [2.75, 3.05) is 46.8 Å². The zero-order chi connectivity index (χ0) is 11.0. The highest BCUT2D eigenvalue weighted by molar-refractivity contribution is 5.77. The van der Waals surface area contributed by atoms with Crippen LogP contribution in [-0.2, 0) is 4.79 Å². The van der Waals surface area contributed by atoms with E-state index in [9.17, 15) is 4.79 Å². The van der Waals surface area contributed by atoms with Crippen LogP contribution in [0.5, 0.6) is 0 Å². The van der Waals surface area contributed by atoms with E-state index in [4.69, 9.17) is 0 Å². The summed E-state index contributed by atoms with van der Waals surface area (Å²) in [5, 5.41) is 3.03. The highest BCUT2D eigenvalue weighted by Crippen LogP contribution is 1.91. The van der Waals surface area contributed by atoms with Gasteiger partial charge in [0.15, 0.2) is 0 Å². The number of hydrogen-bond acceptors (Lipinski definition) is 3. The summed E-state index contributed by atoms with van der Waals surface area (Å²) < 4.78 is 0. The minimum Gasteiger partial charge on any atom is -0.343 e. The molecule has 0 rings (SSSR count). The molecule has 0 aromatic heterocycles. The van der Waals surface area contributed by atoms with Crippen LogP contribution in [0.3, 0.4) is 0 Å². The zero-order valence-corrected chi connectivity index (χ0v) is 9.84. The second-order valence-electron chi connectivity index (χ2n) is 3.38. The molecule has 0 spiro atoms. The molecule has 1 N–H and O–H groups in total. The van der Waals surface area contributed by atoms with E-state index in [1.807, 2.05) is 14.1 Å². The topological polar surface area (TPSA) is 35.6 Å². The molecule has 1 amide bonds. The van der Waals surface area contributed by atoms with Crippen molar-refractivity contribution < 1.29 is 4.79 Å². The lowest BCUT2D eigenvalue weighted by Crippen LogP contribution is -2.40. The first-order valence-electron chi connectivity index (χ1n) is 5.26. The van der Waals surface area contributed by atoms with Gasteiger partial charge in [-0.3, -0.25) is 9.69 Å². The van der Waals surface area contributed by atoms with Gasteiger partial charge in [0, 0.05) is 20.1 Å². The summed E-state index contributed by atoms with van der Waals surface area (Å²) in [6.45, 7) is 8.17. The van der Waals surface area contributed by atoms with Crippen molar-refractivity contribution in [3.05, 3.63) is 0 Å². The van der Waals surface area contributed by atoms with Crippen LogP contribution in [0.2, 0.25) is 0 Å². The smallest absolute Gasteiger partial charge is 0.236 e. The molecule has 0 aliphatic rings. The van der Waals surface area contributed by atoms with Crippen molar-refractivity contribution in [1.29, 1.82) is 0 Å². The Balaban J connectivity index is 3.81. The van der Waals surface area contributed by atoms with Gasteiger partial charge in [0.05, 0.1) is 6.54 Å².